The van der Waals surface area contributed by atoms with Crippen LogP contribution in [0.3, 0.4) is 0 Å². The number of nitro groups is 1. The molecule has 0 unspecified atom stereocenters. The molecule has 2 aromatic carbocycles. The van der Waals surface area contributed by atoms with Crippen molar-refractivity contribution in [2.45, 2.75) is 13.8 Å². The van der Waals surface area contributed by atoms with E-state index in [1.807, 2.05) is 0 Å². The Labute approximate surface area is 176 Å². The van der Waals surface area contributed by atoms with Gasteiger partial charge in [0.05, 0.1) is 17.6 Å². The van der Waals surface area contributed by atoms with Crippen LogP contribution in [0.25, 0.3) is 0 Å². The average molecular weight is 430 g/mol. The van der Waals surface area contributed by atoms with Gasteiger partial charge in [-0.05, 0) is 61.4 Å². The molecule has 0 N–H and O–H groups in total. The number of ether oxygens (including phenoxy) is 3. The molecule has 1 aromatic heterocycles. The molecule has 0 spiro atoms. The van der Waals surface area contributed by atoms with Gasteiger partial charge in [0.15, 0.2) is 0 Å². The molecule has 3 rings (SSSR count). The summed E-state index contributed by atoms with van der Waals surface area (Å²) in [7, 11) is 1.27. The highest BCUT2D eigenvalue weighted by Crippen LogP contribution is 2.38. The Kier molecular flexibility index (Phi) is 6.12. The quantitative estimate of drug-likeness (QED) is 0.304. The molecular weight excluding hydrogens is 414 g/mol. The molecule has 0 aliphatic heterocycles. The Morgan fingerprint density at radius 1 is 1.00 bits per heavy atom. The van der Waals surface area contributed by atoms with E-state index in [0.717, 1.165) is 17.5 Å². The van der Waals surface area contributed by atoms with Crippen molar-refractivity contribution in [3.63, 3.8) is 0 Å². The number of hydrogen-bond donors (Lipinski definition) is 0. The van der Waals surface area contributed by atoms with Crippen molar-refractivity contribution in [3.05, 3.63) is 74.6 Å². The molecular formula is C20H16ClN3O6. The van der Waals surface area contributed by atoms with Crippen LogP contribution in [-0.2, 0) is 4.74 Å². The molecule has 9 nitrogen and oxygen atoms in total. The third-order valence-corrected chi connectivity index (χ3v) is 4.65. The highest BCUT2D eigenvalue weighted by atomic mass is 35.5. The number of hydrogen-bond acceptors (Lipinski definition) is 8. The third kappa shape index (κ3) is 4.47. The van der Waals surface area contributed by atoms with Gasteiger partial charge in [0, 0.05) is 5.02 Å². The zero-order valence-electron chi connectivity index (χ0n) is 16.2. The van der Waals surface area contributed by atoms with Crippen molar-refractivity contribution in [3.8, 4) is 23.3 Å². The normalized spacial score (nSPS) is 10.4. The van der Waals surface area contributed by atoms with E-state index in [1.54, 1.807) is 26.0 Å². The van der Waals surface area contributed by atoms with Gasteiger partial charge >= 0.3 is 23.4 Å². The van der Waals surface area contributed by atoms with Crippen molar-refractivity contribution in [1.82, 2.24) is 9.97 Å². The van der Waals surface area contributed by atoms with E-state index in [0.29, 0.717) is 16.3 Å². The molecule has 0 radical (unpaired) electrons. The van der Waals surface area contributed by atoms with Crippen LogP contribution in [0, 0.1) is 24.0 Å². The van der Waals surface area contributed by atoms with E-state index in [4.69, 9.17) is 21.1 Å². The largest absolute Gasteiger partial charge is 0.465 e. The second kappa shape index (κ2) is 8.75. The SMILES string of the molecule is COC(=O)c1ccc(Oc2ncnc(Oc3cc(C)c(Cl)c(C)c3)c2[N+](=O)[O-])cc1. The predicted molar refractivity (Wildman–Crippen MR) is 108 cm³/mol. The Balaban J connectivity index is 1.93. The van der Waals surface area contributed by atoms with Crippen molar-refractivity contribution >= 4 is 23.3 Å². The number of esters is 1. The minimum atomic E-state index is -0.691. The molecule has 0 saturated carbocycles. The lowest BCUT2D eigenvalue weighted by Crippen LogP contribution is -2.02. The molecule has 0 amide bonds. The van der Waals surface area contributed by atoms with E-state index < -0.39 is 16.6 Å². The molecule has 30 heavy (non-hydrogen) atoms. The highest BCUT2D eigenvalue weighted by Gasteiger charge is 2.27. The maximum absolute atomic E-state index is 11.7. The van der Waals surface area contributed by atoms with E-state index in [2.05, 4.69) is 14.7 Å². The fraction of sp³-hybridized carbons (Fsp3) is 0.150. The lowest BCUT2D eigenvalue weighted by atomic mass is 10.1. The first kappa shape index (κ1) is 21.0. The summed E-state index contributed by atoms with van der Waals surface area (Å²) in [5.41, 5.74) is 1.27. The van der Waals surface area contributed by atoms with E-state index in [9.17, 15) is 14.9 Å². The minimum Gasteiger partial charge on any atom is -0.465 e. The fourth-order valence-electron chi connectivity index (χ4n) is 2.62. The molecule has 0 bridgehead atoms. The average Bonchev–Trinajstić information content (AvgIpc) is 2.72. The number of aromatic nitrogens is 2. The number of carbonyl (C=O) groups excluding carboxylic acids is 1. The molecule has 0 saturated heterocycles. The van der Waals surface area contributed by atoms with Crippen LogP contribution in [0.5, 0.6) is 23.3 Å². The number of carbonyl (C=O) groups is 1. The van der Waals surface area contributed by atoms with Gasteiger partial charge < -0.3 is 14.2 Å². The summed E-state index contributed by atoms with van der Waals surface area (Å²) in [6.45, 7) is 3.59. The molecule has 0 aliphatic carbocycles. The standard InChI is InChI=1S/C20H16ClN3O6/c1-11-8-15(9-12(2)16(11)21)30-19-17(24(26)27)18(22-10-23-19)29-14-6-4-13(5-7-14)20(25)28-3/h4-10H,1-3H3. The number of benzene rings is 2. The van der Waals surface area contributed by atoms with Crippen molar-refractivity contribution in [1.29, 1.82) is 0 Å². The number of halogens is 1. The smallest absolute Gasteiger partial charge is 0.393 e. The van der Waals surface area contributed by atoms with E-state index in [1.165, 1.54) is 31.4 Å². The van der Waals surface area contributed by atoms with Gasteiger partial charge in [-0.3, -0.25) is 10.1 Å². The number of nitrogens with zero attached hydrogens (tertiary/aromatic N) is 3. The zero-order chi connectivity index (χ0) is 21.8. The van der Waals surface area contributed by atoms with Crippen LogP contribution in [0.2, 0.25) is 5.02 Å². The van der Waals surface area contributed by atoms with Crippen LogP contribution in [0.15, 0.2) is 42.7 Å². The first-order valence-corrected chi connectivity index (χ1v) is 8.98. The van der Waals surface area contributed by atoms with Gasteiger partial charge in [0.25, 0.3) is 0 Å². The van der Waals surface area contributed by atoms with Crippen LogP contribution in [-0.4, -0.2) is 28.0 Å². The molecule has 10 heteroatoms. The maximum atomic E-state index is 11.7. The lowest BCUT2D eigenvalue weighted by molar-refractivity contribution is -0.387. The monoisotopic (exact) mass is 429 g/mol. The van der Waals surface area contributed by atoms with Gasteiger partial charge in [0.1, 0.15) is 17.8 Å². The summed E-state index contributed by atoms with van der Waals surface area (Å²) >= 11 is 6.15. The lowest BCUT2D eigenvalue weighted by Gasteiger charge is -2.11. The number of rotatable bonds is 6. The van der Waals surface area contributed by atoms with Gasteiger partial charge in [0.2, 0.25) is 0 Å². The maximum Gasteiger partial charge on any atom is 0.393 e. The Morgan fingerprint density at radius 2 is 1.53 bits per heavy atom. The van der Waals surface area contributed by atoms with Gasteiger partial charge in [-0.15, -0.1) is 0 Å². The van der Waals surface area contributed by atoms with Crippen molar-refractivity contribution in [2.75, 3.05) is 7.11 Å². The second-order valence-corrected chi connectivity index (χ2v) is 6.56. The molecule has 0 fully saturated rings. The number of methoxy groups -OCH3 is 1. The summed E-state index contributed by atoms with van der Waals surface area (Å²) < 4.78 is 15.8. The van der Waals surface area contributed by atoms with Crippen LogP contribution >= 0.6 is 11.6 Å². The van der Waals surface area contributed by atoms with Crippen LogP contribution in [0.1, 0.15) is 21.5 Å². The van der Waals surface area contributed by atoms with Gasteiger partial charge in [-0.25, -0.2) is 4.79 Å². The molecule has 154 valence electrons. The highest BCUT2D eigenvalue weighted by molar-refractivity contribution is 6.32. The second-order valence-electron chi connectivity index (χ2n) is 6.18. The predicted octanol–water partition coefficient (Wildman–Crippen LogP) is 5.03. The summed E-state index contributed by atoms with van der Waals surface area (Å²) in [6, 6.07) is 9.14. The molecule has 0 atom stereocenters. The summed E-state index contributed by atoms with van der Waals surface area (Å²) in [5, 5.41) is 12.3. The van der Waals surface area contributed by atoms with Crippen LogP contribution in [0.4, 0.5) is 5.69 Å². The zero-order valence-corrected chi connectivity index (χ0v) is 17.0. The summed E-state index contributed by atoms with van der Waals surface area (Å²) in [6.07, 6.45) is 1.09. The summed E-state index contributed by atoms with van der Waals surface area (Å²) in [4.78, 5) is 30.2. The minimum absolute atomic E-state index is 0.230. The number of aryl methyl sites for hydroxylation is 2. The molecule has 0 aliphatic rings. The van der Waals surface area contributed by atoms with Gasteiger partial charge in [-0.2, -0.15) is 9.97 Å². The van der Waals surface area contributed by atoms with Gasteiger partial charge in [-0.1, -0.05) is 11.6 Å². The van der Waals surface area contributed by atoms with Crippen LogP contribution < -0.4 is 9.47 Å². The molecule has 1 heterocycles. The van der Waals surface area contributed by atoms with Crippen molar-refractivity contribution in [2.24, 2.45) is 0 Å². The third-order valence-electron chi connectivity index (χ3n) is 4.05. The first-order chi connectivity index (χ1) is 14.3. The molecule has 3 aromatic rings. The Bertz CT molecular complexity index is 1100. The van der Waals surface area contributed by atoms with Crippen molar-refractivity contribution < 1.29 is 23.9 Å². The Morgan fingerprint density at radius 3 is 2.03 bits per heavy atom. The summed E-state index contributed by atoms with van der Waals surface area (Å²) in [5.74, 6) is -0.535. The first-order valence-electron chi connectivity index (χ1n) is 8.60. The van der Waals surface area contributed by atoms with E-state index >= 15 is 0 Å². The Hall–Kier alpha value is -3.72. The fourth-order valence-corrected chi connectivity index (χ4v) is 2.73. The topological polar surface area (TPSA) is 114 Å². The van der Waals surface area contributed by atoms with E-state index in [-0.39, 0.29) is 17.5 Å².